The maximum Gasteiger partial charge on any atom is 0.344 e. The van der Waals surface area contributed by atoms with Crippen LogP contribution < -0.4 is 20.1 Å². The highest BCUT2D eigenvalue weighted by molar-refractivity contribution is 7.90. The van der Waals surface area contributed by atoms with E-state index in [0.717, 1.165) is 9.66 Å². The minimum atomic E-state index is -4.48. The van der Waals surface area contributed by atoms with E-state index in [2.05, 4.69) is 9.88 Å². The second-order valence-corrected chi connectivity index (χ2v) is 12.0. The van der Waals surface area contributed by atoms with Crippen LogP contribution in [-0.4, -0.2) is 73.1 Å². The number of imidazole rings is 1. The summed E-state index contributed by atoms with van der Waals surface area (Å²) in [5, 5.41) is 0. The first-order valence-electron chi connectivity index (χ1n) is 14.0. The molecule has 3 heterocycles. The Balaban J connectivity index is 1.47. The minimum absolute atomic E-state index is 0.0239. The average molecular weight is 614 g/mol. The van der Waals surface area contributed by atoms with Crippen LogP contribution in [0.1, 0.15) is 11.6 Å². The summed E-state index contributed by atoms with van der Waals surface area (Å²) in [6.45, 7) is 2.05. The lowest BCUT2D eigenvalue weighted by Gasteiger charge is -2.37. The molecule has 0 aliphatic carbocycles. The number of pyridine rings is 1. The number of hydrogen-bond donors (Lipinski definition) is 0. The van der Waals surface area contributed by atoms with Crippen molar-refractivity contribution in [1.29, 1.82) is 0 Å². The third-order valence-electron chi connectivity index (χ3n) is 7.86. The Morgan fingerprint density at radius 3 is 2.14 bits per heavy atom. The van der Waals surface area contributed by atoms with Crippen LogP contribution in [0.15, 0.2) is 107 Å². The molecule has 1 fully saturated rings. The molecule has 226 valence electrons. The molecule has 2 aromatic heterocycles. The smallest absolute Gasteiger partial charge is 0.344 e. The zero-order valence-electron chi connectivity index (χ0n) is 24.2. The van der Waals surface area contributed by atoms with Gasteiger partial charge in [-0.3, -0.25) is 14.3 Å². The van der Waals surface area contributed by atoms with Crippen LogP contribution in [0.25, 0.3) is 11.0 Å². The summed E-state index contributed by atoms with van der Waals surface area (Å²) in [7, 11) is -1.68. The number of fused-ring (bicyclic) bond motifs is 1. The quantitative estimate of drug-likeness (QED) is 0.262. The number of methoxy groups -OCH3 is 2. The van der Waals surface area contributed by atoms with Gasteiger partial charge in [-0.2, -0.15) is 3.97 Å². The van der Waals surface area contributed by atoms with E-state index >= 15 is 0 Å². The molecule has 5 aromatic rings. The predicted molar refractivity (Wildman–Crippen MR) is 166 cm³/mol. The molecule has 1 saturated heterocycles. The van der Waals surface area contributed by atoms with Gasteiger partial charge < -0.3 is 19.3 Å². The third kappa shape index (κ3) is 5.06. The van der Waals surface area contributed by atoms with Gasteiger partial charge in [-0.25, -0.2) is 13.2 Å². The van der Waals surface area contributed by atoms with Crippen LogP contribution in [0, 0.1) is 0 Å². The fraction of sp³-hybridized carbons (Fsp3) is 0.219. The molecular formula is C32H31N5O6S. The zero-order chi connectivity index (χ0) is 30.8. The topological polar surface area (TPSA) is 116 Å². The van der Waals surface area contributed by atoms with E-state index in [0.29, 0.717) is 43.0 Å². The number of carbonyl (C=O) groups is 1. The van der Waals surface area contributed by atoms with E-state index in [1.807, 2.05) is 18.2 Å². The summed E-state index contributed by atoms with van der Waals surface area (Å²) < 4.78 is 41.0. The van der Waals surface area contributed by atoms with Crippen LogP contribution in [0.4, 0.5) is 5.69 Å². The molecule has 1 aliphatic rings. The van der Waals surface area contributed by atoms with Crippen molar-refractivity contribution in [3.63, 3.8) is 0 Å². The number of para-hydroxylation sites is 2. The van der Waals surface area contributed by atoms with Gasteiger partial charge in [0.15, 0.2) is 0 Å². The number of nitrogens with zero attached hydrogens (tertiary/aromatic N) is 5. The minimum Gasteiger partial charge on any atom is -0.497 e. The molecule has 1 unspecified atom stereocenters. The van der Waals surface area contributed by atoms with Crippen LogP contribution in [0.3, 0.4) is 0 Å². The molecule has 1 amide bonds. The summed E-state index contributed by atoms with van der Waals surface area (Å²) in [4.78, 5) is 36.5. The normalized spacial score (nSPS) is 14.4. The van der Waals surface area contributed by atoms with Gasteiger partial charge in [0, 0.05) is 50.3 Å². The van der Waals surface area contributed by atoms with E-state index in [1.54, 1.807) is 65.8 Å². The van der Waals surface area contributed by atoms with Crippen molar-refractivity contribution in [1.82, 2.24) is 18.4 Å². The molecule has 11 nitrogen and oxygen atoms in total. The fourth-order valence-corrected chi connectivity index (χ4v) is 7.20. The Kier molecular flexibility index (Phi) is 7.83. The molecule has 0 saturated carbocycles. The number of carbonyl (C=O) groups excluding carboxylic acids is 1. The van der Waals surface area contributed by atoms with E-state index < -0.39 is 21.8 Å². The van der Waals surface area contributed by atoms with Gasteiger partial charge in [-0.15, -0.1) is 0 Å². The van der Waals surface area contributed by atoms with Gasteiger partial charge >= 0.3 is 5.69 Å². The molecule has 1 atom stereocenters. The van der Waals surface area contributed by atoms with Gasteiger partial charge in [0.1, 0.15) is 22.4 Å². The molecule has 1 aliphatic heterocycles. The Morgan fingerprint density at radius 2 is 1.48 bits per heavy atom. The number of rotatable bonds is 8. The second kappa shape index (κ2) is 11.9. The molecule has 0 N–H and O–H groups in total. The van der Waals surface area contributed by atoms with E-state index in [-0.39, 0.29) is 22.1 Å². The highest BCUT2D eigenvalue weighted by Gasteiger charge is 2.36. The summed E-state index contributed by atoms with van der Waals surface area (Å²) in [6, 6.07) is 22.6. The summed E-state index contributed by atoms with van der Waals surface area (Å²) >= 11 is 0. The van der Waals surface area contributed by atoms with Crippen molar-refractivity contribution in [2.75, 3.05) is 45.3 Å². The van der Waals surface area contributed by atoms with Gasteiger partial charge in [-0.1, -0.05) is 42.5 Å². The SMILES string of the molecule is COc1ccc(S(=O)(=O)n2c(=O)n(C(C(=O)N3CCN(c4ccncc4)CC3)c3ccccc3)c3ccccc32)c(OC)c1. The van der Waals surface area contributed by atoms with Crippen molar-refractivity contribution >= 4 is 32.7 Å². The summed E-state index contributed by atoms with van der Waals surface area (Å²) in [6.07, 6.45) is 3.46. The Morgan fingerprint density at radius 1 is 0.818 bits per heavy atom. The maximum absolute atomic E-state index is 14.4. The maximum atomic E-state index is 14.4. The lowest BCUT2D eigenvalue weighted by Crippen LogP contribution is -2.51. The third-order valence-corrected chi connectivity index (χ3v) is 9.58. The highest BCUT2D eigenvalue weighted by atomic mass is 32.2. The number of aromatic nitrogens is 3. The van der Waals surface area contributed by atoms with Crippen molar-refractivity contribution in [2.24, 2.45) is 0 Å². The number of amides is 1. The first-order chi connectivity index (χ1) is 21.3. The van der Waals surface area contributed by atoms with E-state index in [9.17, 15) is 18.0 Å². The van der Waals surface area contributed by atoms with Gasteiger partial charge in [0.05, 0.1) is 25.3 Å². The standard InChI is InChI=1S/C32H31N5O6S/c1-42-25-12-13-29(28(22-25)43-2)44(40,41)37-27-11-7-6-10-26(27)36(32(37)39)30(23-8-4-3-5-9-23)31(38)35-20-18-34(19-21-35)24-14-16-33-17-15-24/h3-17,22,30H,18-21H2,1-2H3. The van der Waals surface area contributed by atoms with E-state index in [4.69, 9.17) is 9.47 Å². The Bertz CT molecular complexity index is 1970. The highest BCUT2D eigenvalue weighted by Crippen LogP contribution is 2.32. The first-order valence-corrected chi connectivity index (χ1v) is 15.5. The molecule has 12 heteroatoms. The van der Waals surface area contributed by atoms with Gasteiger partial charge in [-0.05, 0) is 42.0 Å². The lowest BCUT2D eigenvalue weighted by atomic mass is 10.0. The summed E-state index contributed by atoms with van der Waals surface area (Å²) in [5.41, 5.74) is 1.18. The first kappa shape index (κ1) is 29.0. The van der Waals surface area contributed by atoms with Gasteiger partial charge in [0.2, 0.25) is 0 Å². The predicted octanol–water partition coefficient (Wildman–Crippen LogP) is 3.39. The van der Waals surface area contributed by atoms with Crippen molar-refractivity contribution in [3.05, 3.63) is 113 Å². The Labute approximate surface area is 254 Å². The van der Waals surface area contributed by atoms with E-state index in [1.165, 1.54) is 37.0 Å². The molecule has 44 heavy (non-hydrogen) atoms. The van der Waals surface area contributed by atoms with Crippen LogP contribution in [0.5, 0.6) is 11.5 Å². The fourth-order valence-electron chi connectivity index (χ4n) is 5.66. The monoisotopic (exact) mass is 613 g/mol. The van der Waals surface area contributed by atoms with Crippen molar-refractivity contribution < 1.29 is 22.7 Å². The Hall–Kier alpha value is -5.10. The zero-order valence-corrected chi connectivity index (χ0v) is 25.1. The molecule has 6 rings (SSSR count). The number of hydrogen-bond acceptors (Lipinski definition) is 8. The number of piperazine rings is 1. The lowest BCUT2D eigenvalue weighted by molar-refractivity contribution is -0.133. The molecule has 0 bridgehead atoms. The van der Waals surface area contributed by atoms with Crippen LogP contribution in [0.2, 0.25) is 0 Å². The number of ether oxygens (including phenoxy) is 2. The number of benzene rings is 3. The van der Waals surface area contributed by atoms with Crippen molar-refractivity contribution in [3.8, 4) is 11.5 Å². The molecular weight excluding hydrogens is 582 g/mol. The van der Waals surface area contributed by atoms with Crippen LogP contribution in [-0.2, 0) is 14.8 Å². The van der Waals surface area contributed by atoms with Crippen LogP contribution >= 0.6 is 0 Å². The molecule has 0 spiro atoms. The van der Waals surface area contributed by atoms with Gasteiger partial charge in [0.25, 0.3) is 15.9 Å². The average Bonchev–Trinajstić information content (AvgIpc) is 3.37. The largest absolute Gasteiger partial charge is 0.497 e. The number of anilines is 1. The molecule has 0 radical (unpaired) electrons. The second-order valence-electron chi connectivity index (χ2n) is 10.3. The van der Waals surface area contributed by atoms with Crippen molar-refractivity contribution in [2.45, 2.75) is 10.9 Å². The summed E-state index contributed by atoms with van der Waals surface area (Å²) in [5.74, 6) is 0.125. The molecule has 3 aromatic carbocycles.